The van der Waals surface area contributed by atoms with Gasteiger partial charge >= 0.3 is 0 Å². The third-order valence-corrected chi connectivity index (χ3v) is 4.22. The Morgan fingerprint density at radius 1 is 1.04 bits per heavy atom. The van der Waals surface area contributed by atoms with Crippen LogP contribution in [0.15, 0.2) is 60.8 Å². The van der Waals surface area contributed by atoms with Gasteiger partial charge in [0.1, 0.15) is 5.75 Å². The molecule has 0 atom stereocenters. The highest BCUT2D eigenvalue weighted by molar-refractivity contribution is 7.92. The minimum absolute atomic E-state index is 0.194. The summed E-state index contributed by atoms with van der Waals surface area (Å²) in [6.45, 7) is 0. The van der Waals surface area contributed by atoms with Crippen LogP contribution in [0.2, 0.25) is 0 Å². The number of methoxy groups -OCH3 is 1. The fourth-order valence-electron chi connectivity index (χ4n) is 2.39. The highest BCUT2D eigenvalue weighted by atomic mass is 32.2. The van der Waals surface area contributed by atoms with Gasteiger partial charge in [-0.3, -0.25) is 9.52 Å². The molecule has 3 rings (SSSR count). The highest BCUT2D eigenvalue weighted by Crippen LogP contribution is 2.22. The predicted octanol–water partition coefficient (Wildman–Crippen LogP) is 2.50. The third-order valence-electron chi connectivity index (χ3n) is 3.63. The molecule has 1 heterocycles. The van der Waals surface area contributed by atoms with Crippen LogP contribution in [0.4, 0.5) is 11.4 Å². The summed E-state index contributed by atoms with van der Waals surface area (Å²) in [7, 11) is -1.88. The molecule has 2 N–H and O–H groups in total. The van der Waals surface area contributed by atoms with Crippen LogP contribution in [-0.2, 0) is 10.0 Å². The molecular formula is C18H18N4O4S. The molecule has 8 nitrogen and oxygen atoms in total. The smallest absolute Gasteiger partial charge is 0.276 e. The molecule has 0 bridgehead atoms. The van der Waals surface area contributed by atoms with Gasteiger partial charge in [0.05, 0.1) is 30.4 Å². The molecule has 0 spiro atoms. The zero-order valence-electron chi connectivity index (χ0n) is 14.7. The summed E-state index contributed by atoms with van der Waals surface area (Å²) in [6.07, 6.45) is 2.71. The number of ether oxygens (including phenoxy) is 1. The number of rotatable bonds is 6. The third kappa shape index (κ3) is 4.64. The first-order chi connectivity index (χ1) is 12.9. The fraction of sp³-hybridized carbons (Fsp3) is 0.111. The number of carbonyl (C=O) groups excluding carboxylic acids is 1. The SMILES string of the molecule is COc1ccc(-n2ccc(C(=O)Nc3ccccc3NS(C)(=O)=O)n2)cc1. The Hall–Kier alpha value is -3.33. The summed E-state index contributed by atoms with van der Waals surface area (Å²) < 4.78 is 32.0. The predicted molar refractivity (Wildman–Crippen MR) is 103 cm³/mol. The molecule has 9 heteroatoms. The van der Waals surface area contributed by atoms with Gasteiger partial charge in [-0.2, -0.15) is 5.10 Å². The van der Waals surface area contributed by atoms with E-state index < -0.39 is 15.9 Å². The molecule has 0 fully saturated rings. The van der Waals surface area contributed by atoms with E-state index in [0.29, 0.717) is 5.69 Å². The van der Waals surface area contributed by atoms with Crippen LogP contribution in [0.3, 0.4) is 0 Å². The summed E-state index contributed by atoms with van der Waals surface area (Å²) in [5.74, 6) is 0.267. The lowest BCUT2D eigenvalue weighted by atomic mass is 10.2. The number of benzene rings is 2. The van der Waals surface area contributed by atoms with Gasteiger partial charge in [-0.15, -0.1) is 0 Å². The van der Waals surface area contributed by atoms with Crippen molar-refractivity contribution in [2.24, 2.45) is 0 Å². The van der Waals surface area contributed by atoms with Crippen LogP contribution in [0, 0.1) is 0 Å². The number of carbonyl (C=O) groups is 1. The molecule has 0 saturated carbocycles. The summed E-state index contributed by atoms with van der Waals surface area (Å²) in [6, 6.07) is 15.3. The van der Waals surface area contributed by atoms with Gasteiger partial charge in [0.25, 0.3) is 5.91 Å². The first kappa shape index (κ1) is 18.5. The van der Waals surface area contributed by atoms with Gasteiger partial charge in [0, 0.05) is 6.20 Å². The molecule has 140 valence electrons. The number of sulfonamides is 1. The number of para-hydroxylation sites is 2. The second-order valence-electron chi connectivity index (χ2n) is 5.72. The van der Waals surface area contributed by atoms with E-state index in [1.807, 2.05) is 12.1 Å². The summed E-state index contributed by atoms with van der Waals surface area (Å²) in [5.41, 5.74) is 1.59. The fourth-order valence-corrected chi connectivity index (χ4v) is 2.97. The van der Waals surface area contributed by atoms with Crippen molar-refractivity contribution in [1.82, 2.24) is 9.78 Å². The Kier molecular flexibility index (Phi) is 5.13. The van der Waals surface area contributed by atoms with Crippen molar-refractivity contribution >= 4 is 27.3 Å². The molecule has 0 aliphatic heterocycles. The van der Waals surface area contributed by atoms with E-state index in [-0.39, 0.29) is 11.4 Å². The van der Waals surface area contributed by atoms with E-state index in [0.717, 1.165) is 17.7 Å². The van der Waals surface area contributed by atoms with Gasteiger partial charge in [0.15, 0.2) is 5.69 Å². The molecule has 2 aromatic carbocycles. The molecule has 0 saturated heterocycles. The van der Waals surface area contributed by atoms with Gasteiger partial charge in [-0.25, -0.2) is 13.1 Å². The lowest BCUT2D eigenvalue weighted by Crippen LogP contribution is -2.16. The molecule has 0 aliphatic rings. The summed E-state index contributed by atoms with van der Waals surface area (Å²) in [4.78, 5) is 12.5. The van der Waals surface area contributed by atoms with Crippen molar-refractivity contribution < 1.29 is 17.9 Å². The lowest BCUT2D eigenvalue weighted by Gasteiger charge is -2.11. The number of anilines is 2. The normalized spacial score (nSPS) is 11.0. The van der Waals surface area contributed by atoms with E-state index >= 15 is 0 Å². The van der Waals surface area contributed by atoms with Crippen molar-refractivity contribution in [2.45, 2.75) is 0 Å². The monoisotopic (exact) mass is 386 g/mol. The molecule has 0 aliphatic carbocycles. The Labute approximate surface area is 156 Å². The maximum absolute atomic E-state index is 12.5. The van der Waals surface area contributed by atoms with Crippen LogP contribution >= 0.6 is 0 Å². The van der Waals surface area contributed by atoms with E-state index in [2.05, 4.69) is 15.1 Å². The van der Waals surface area contributed by atoms with Crippen molar-refractivity contribution in [2.75, 3.05) is 23.4 Å². The van der Waals surface area contributed by atoms with Gasteiger partial charge in [0.2, 0.25) is 10.0 Å². The maximum atomic E-state index is 12.5. The zero-order valence-corrected chi connectivity index (χ0v) is 15.5. The van der Waals surface area contributed by atoms with E-state index in [4.69, 9.17) is 4.74 Å². The first-order valence-electron chi connectivity index (χ1n) is 7.94. The minimum Gasteiger partial charge on any atom is -0.497 e. The lowest BCUT2D eigenvalue weighted by molar-refractivity contribution is 0.102. The maximum Gasteiger partial charge on any atom is 0.276 e. The van der Waals surface area contributed by atoms with Crippen LogP contribution < -0.4 is 14.8 Å². The second-order valence-corrected chi connectivity index (χ2v) is 7.47. The zero-order chi connectivity index (χ0) is 19.4. The standard InChI is InChI=1S/C18H18N4O4S/c1-26-14-9-7-13(8-10-14)22-12-11-17(20-22)18(23)19-15-5-3-4-6-16(15)21-27(2,24)25/h3-12,21H,1-2H3,(H,19,23). The second kappa shape index (κ2) is 7.50. The summed E-state index contributed by atoms with van der Waals surface area (Å²) >= 11 is 0. The number of hydrogen-bond donors (Lipinski definition) is 2. The van der Waals surface area contributed by atoms with Crippen molar-refractivity contribution in [1.29, 1.82) is 0 Å². The van der Waals surface area contributed by atoms with Crippen molar-refractivity contribution in [3.05, 3.63) is 66.5 Å². The number of amides is 1. The number of nitrogens with zero attached hydrogens (tertiary/aromatic N) is 2. The number of aromatic nitrogens is 2. The quantitative estimate of drug-likeness (QED) is 0.678. The van der Waals surface area contributed by atoms with E-state index in [1.54, 1.807) is 60.5 Å². The van der Waals surface area contributed by atoms with Crippen molar-refractivity contribution in [3.63, 3.8) is 0 Å². The molecule has 1 aromatic heterocycles. The largest absolute Gasteiger partial charge is 0.497 e. The average Bonchev–Trinajstić information content (AvgIpc) is 3.12. The first-order valence-corrected chi connectivity index (χ1v) is 9.83. The van der Waals surface area contributed by atoms with Gasteiger partial charge < -0.3 is 10.1 Å². The molecule has 0 unspecified atom stereocenters. The molecule has 27 heavy (non-hydrogen) atoms. The Bertz CT molecular complexity index is 1060. The Morgan fingerprint density at radius 2 is 1.70 bits per heavy atom. The van der Waals surface area contributed by atoms with Crippen LogP contribution in [0.1, 0.15) is 10.5 Å². The van der Waals surface area contributed by atoms with Crippen LogP contribution in [0.5, 0.6) is 5.75 Å². The van der Waals surface area contributed by atoms with E-state index in [1.165, 1.54) is 0 Å². The van der Waals surface area contributed by atoms with Gasteiger partial charge in [-0.1, -0.05) is 12.1 Å². The number of nitrogens with one attached hydrogen (secondary N) is 2. The molecule has 1 amide bonds. The van der Waals surface area contributed by atoms with Gasteiger partial charge in [-0.05, 0) is 42.5 Å². The molecular weight excluding hydrogens is 368 g/mol. The van der Waals surface area contributed by atoms with Crippen molar-refractivity contribution in [3.8, 4) is 11.4 Å². The Balaban J connectivity index is 1.79. The molecule has 0 radical (unpaired) electrons. The number of hydrogen-bond acceptors (Lipinski definition) is 5. The van der Waals surface area contributed by atoms with E-state index in [9.17, 15) is 13.2 Å². The summed E-state index contributed by atoms with van der Waals surface area (Å²) in [5, 5.41) is 6.93. The average molecular weight is 386 g/mol. The molecule has 3 aromatic rings. The van der Waals surface area contributed by atoms with Crippen LogP contribution in [0.25, 0.3) is 5.69 Å². The van der Waals surface area contributed by atoms with Crippen LogP contribution in [-0.4, -0.2) is 37.5 Å². The highest BCUT2D eigenvalue weighted by Gasteiger charge is 2.14. The Morgan fingerprint density at radius 3 is 2.33 bits per heavy atom. The topological polar surface area (TPSA) is 102 Å². The minimum atomic E-state index is -3.47.